The fourth-order valence-corrected chi connectivity index (χ4v) is 2.02. The van der Waals surface area contributed by atoms with Crippen LogP contribution in [-0.4, -0.2) is 48.2 Å². The van der Waals surface area contributed by atoms with Crippen molar-refractivity contribution in [3.63, 3.8) is 0 Å². The molecule has 0 spiro atoms. The largest absolute Gasteiger partial charge is 0.396 e. The molecule has 4 heteroatoms. The predicted octanol–water partition coefficient (Wildman–Crippen LogP) is 0.995. The zero-order chi connectivity index (χ0) is 12.9. The third-order valence-corrected chi connectivity index (χ3v) is 3.32. The van der Waals surface area contributed by atoms with E-state index in [2.05, 4.69) is 19.2 Å². The summed E-state index contributed by atoms with van der Waals surface area (Å²) in [5, 5.41) is 12.1. The standard InChI is InChI=1S/C13H26N2O2/c1-4-15(11-5-6-11)12(17)9-14-10-13(2,3)7-8-16/h11,14,16H,4-10H2,1-3H3. The first kappa shape index (κ1) is 14.5. The van der Waals surface area contributed by atoms with Crippen molar-refractivity contribution in [3.05, 3.63) is 0 Å². The second-order valence-electron chi connectivity index (χ2n) is 5.65. The van der Waals surface area contributed by atoms with Crippen molar-refractivity contribution < 1.29 is 9.90 Å². The van der Waals surface area contributed by atoms with Crippen LogP contribution in [0.4, 0.5) is 0 Å². The molecule has 100 valence electrons. The third kappa shape index (κ3) is 5.04. The lowest BCUT2D eigenvalue weighted by Gasteiger charge is -2.25. The summed E-state index contributed by atoms with van der Waals surface area (Å²) in [6, 6.07) is 0.500. The van der Waals surface area contributed by atoms with Gasteiger partial charge in [0.2, 0.25) is 5.91 Å². The van der Waals surface area contributed by atoms with E-state index >= 15 is 0 Å². The maximum atomic E-state index is 11.9. The first-order valence-corrected chi connectivity index (χ1v) is 6.61. The van der Waals surface area contributed by atoms with Gasteiger partial charge in [-0.1, -0.05) is 13.8 Å². The topological polar surface area (TPSA) is 52.6 Å². The van der Waals surface area contributed by atoms with Crippen LogP contribution in [0.5, 0.6) is 0 Å². The minimum atomic E-state index is 0.0473. The molecule has 0 unspecified atom stereocenters. The van der Waals surface area contributed by atoms with Gasteiger partial charge in [0.1, 0.15) is 0 Å². The van der Waals surface area contributed by atoms with E-state index in [1.165, 1.54) is 0 Å². The Labute approximate surface area is 104 Å². The van der Waals surface area contributed by atoms with Crippen LogP contribution >= 0.6 is 0 Å². The molecule has 0 aliphatic heterocycles. The van der Waals surface area contributed by atoms with E-state index in [-0.39, 0.29) is 17.9 Å². The van der Waals surface area contributed by atoms with Gasteiger partial charge in [-0.25, -0.2) is 0 Å². The fraction of sp³-hybridized carbons (Fsp3) is 0.923. The van der Waals surface area contributed by atoms with Crippen molar-refractivity contribution in [1.29, 1.82) is 0 Å². The van der Waals surface area contributed by atoms with Crippen LogP contribution in [0.3, 0.4) is 0 Å². The molecule has 0 heterocycles. The van der Waals surface area contributed by atoms with Gasteiger partial charge in [0.05, 0.1) is 6.54 Å². The number of rotatable bonds is 8. The summed E-state index contributed by atoms with van der Waals surface area (Å²) in [4.78, 5) is 13.9. The Hall–Kier alpha value is -0.610. The van der Waals surface area contributed by atoms with Gasteiger partial charge in [-0.15, -0.1) is 0 Å². The molecule has 17 heavy (non-hydrogen) atoms. The van der Waals surface area contributed by atoms with Crippen LogP contribution in [0.1, 0.15) is 40.0 Å². The molecule has 1 amide bonds. The summed E-state index contributed by atoms with van der Waals surface area (Å²) >= 11 is 0. The van der Waals surface area contributed by atoms with Crippen molar-refractivity contribution in [3.8, 4) is 0 Å². The molecule has 1 aliphatic rings. The van der Waals surface area contributed by atoms with Crippen molar-refractivity contribution in [1.82, 2.24) is 10.2 Å². The number of aliphatic hydroxyl groups excluding tert-OH is 1. The van der Waals surface area contributed by atoms with Crippen molar-refractivity contribution in [2.45, 2.75) is 46.1 Å². The Morgan fingerprint density at radius 2 is 2.12 bits per heavy atom. The summed E-state index contributed by atoms with van der Waals surface area (Å²) in [5.74, 6) is 0.204. The first-order chi connectivity index (χ1) is 8.00. The summed E-state index contributed by atoms with van der Waals surface area (Å²) in [6.07, 6.45) is 3.08. The van der Waals surface area contributed by atoms with E-state index in [0.717, 1.165) is 32.4 Å². The zero-order valence-corrected chi connectivity index (χ0v) is 11.3. The minimum Gasteiger partial charge on any atom is -0.396 e. The third-order valence-electron chi connectivity index (χ3n) is 3.32. The van der Waals surface area contributed by atoms with Gasteiger partial charge in [0.15, 0.2) is 0 Å². The maximum absolute atomic E-state index is 11.9. The number of amides is 1. The maximum Gasteiger partial charge on any atom is 0.236 e. The monoisotopic (exact) mass is 242 g/mol. The van der Waals surface area contributed by atoms with Crippen LogP contribution in [0, 0.1) is 5.41 Å². The number of aliphatic hydroxyl groups is 1. The van der Waals surface area contributed by atoms with Crippen molar-refractivity contribution in [2.24, 2.45) is 5.41 Å². The van der Waals surface area contributed by atoms with Gasteiger partial charge in [0, 0.05) is 25.7 Å². The number of carbonyl (C=O) groups is 1. The highest BCUT2D eigenvalue weighted by Gasteiger charge is 2.31. The Kier molecular flexibility index (Phi) is 5.40. The molecule has 2 N–H and O–H groups in total. The van der Waals surface area contributed by atoms with Crippen LogP contribution in [0.25, 0.3) is 0 Å². The lowest BCUT2D eigenvalue weighted by molar-refractivity contribution is -0.130. The predicted molar refractivity (Wildman–Crippen MR) is 68.8 cm³/mol. The highest BCUT2D eigenvalue weighted by molar-refractivity contribution is 5.78. The second kappa shape index (κ2) is 6.36. The average Bonchev–Trinajstić information content (AvgIpc) is 3.02. The van der Waals surface area contributed by atoms with Gasteiger partial charge < -0.3 is 15.3 Å². The second-order valence-corrected chi connectivity index (χ2v) is 5.65. The molecule has 0 bridgehead atoms. The molecular weight excluding hydrogens is 216 g/mol. The number of likely N-dealkylation sites (N-methyl/N-ethyl adjacent to an activating group) is 1. The van der Waals surface area contributed by atoms with Crippen LogP contribution in [0.2, 0.25) is 0 Å². The summed E-state index contributed by atoms with van der Waals surface area (Å²) in [6.45, 7) is 8.42. The van der Waals surface area contributed by atoms with Gasteiger partial charge in [-0.2, -0.15) is 0 Å². The van der Waals surface area contributed by atoms with Gasteiger partial charge in [0.25, 0.3) is 0 Å². The molecule has 1 aliphatic carbocycles. The molecule has 1 rings (SSSR count). The quantitative estimate of drug-likeness (QED) is 0.667. The smallest absolute Gasteiger partial charge is 0.236 e. The molecule has 1 saturated carbocycles. The molecule has 0 atom stereocenters. The molecule has 1 fully saturated rings. The lowest BCUT2D eigenvalue weighted by Crippen LogP contribution is -2.42. The molecule has 0 aromatic carbocycles. The van der Waals surface area contributed by atoms with Crippen molar-refractivity contribution in [2.75, 3.05) is 26.2 Å². The average molecular weight is 242 g/mol. The zero-order valence-electron chi connectivity index (χ0n) is 11.3. The first-order valence-electron chi connectivity index (χ1n) is 6.61. The summed E-state index contributed by atoms with van der Waals surface area (Å²) < 4.78 is 0. The fourth-order valence-electron chi connectivity index (χ4n) is 2.02. The highest BCUT2D eigenvalue weighted by atomic mass is 16.3. The minimum absolute atomic E-state index is 0.0473. The lowest BCUT2D eigenvalue weighted by atomic mass is 9.90. The number of hydrogen-bond donors (Lipinski definition) is 2. The Balaban J connectivity index is 2.23. The molecule has 4 nitrogen and oxygen atoms in total. The summed E-state index contributed by atoms with van der Waals surface area (Å²) in [5.41, 5.74) is 0.0473. The van der Waals surface area contributed by atoms with Crippen LogP contribution < -0.4 is 5.32 Å². The number of nitrogens with zero attached hydrogens (tertiary/aromatic N) is 1. The van der Waals surface area contributed by atoms with Crippen LogP contribution in [0.15, 0.2) is 0 Å². The number of nitrogens with one attached hydrogen (secondary N) is 1. The van der Waals surface area contributed by atoms with Gasteiger partial charge >= 0.3 is 0 Å². The van der Waals surface area contributed by atoms with Crippen molar-refractivity contribution >= 4 is 5.91 Å². The van der Waals surface area contributed by atoms with E-state index in [1.54, 1.807) is 0 Å². The molecule has 0 aromatic rings. The Morgan fingerprint density at radius 1 is 1.47 bits per heavy atom. The van der Waals surface area contributed by atoms with E-state index < -0.39 is 0 Å². The Morgan fingerprint density at radius 3 is 2.59 bits per heavy atom. The Bertz CT molecular complexity index is 250. The normalized spacial score (nSPS) is 16.0. The van der Waals surface area contributed by atoms with Gasteiger partial charge in [-0.3, -0.25) is 4.79 Å². The number of hydrogen-bond acceptors (Lipinski definition) is 3. The molecular formula is C13H26N2O2. The SMILES string of the molecule is CCN(C(=O)CNCC(C)(C)CCO)C1CC1. The van der Waals surface area contributed by atoms with E-state index in [4.69, 9.17) is 5.11 Å². The van der Waals surface area contributed by atoms with E-state index in [9.17, 15) is 4.79 Å². The van der Waals surface area contributed by atoms with Crippen LogP contribution in [-0.2, 0) is 4.79 Å². The summed E-state index contributed by atoms with van der Waals surface area (Å²) in [7, 11) is 0. The molecule has 0 aromatic heterocycles. The highest BCUT2D eigenvalue weighted by Crippen LogP contribution is 2.26. The molecule has 0 radical (unpaired) electrons. The number of carbonyl (C=O) groups excluding carboxylic acids is 1. The van der Waals surface area contributed by atoms with E-state index in [1.807, 2.05) is 11.8 Å². The molecule has 0 saturated heterocycles. The van der Waals surface area contributed by atoms with Gasteiger partial charge in [-0.05, 0) is 31.6 Å². The van der Waals surface area contributed by atoms with E-state index in [0.29, 0.717) is 12.6 Å².